The van der Waals surface area contributed by atoms with Gasteiger partial charge >= 0.3 is 6.18 Å². The fourth-order valence-electron chi connectivity index (χ4n) is 2.43. The molecule has 3 aromatic rings. The lowest BCUT2D eigenvalue weighted by atomic mass is 10.2. The number of amides is 1. The number of benzene rings is 1. The molecule has 1 aromatic carbocycles. The highest BCUT2D eigenvalue weighted by Gasteiger charge is 2.29. The predicted molar refractivity (Wildman–Crippen MR) is 96.1 cm³/mol. The highest BCUT2D eigenvalue weighted by Crippen LogP contribution is 2.15. The van der Waals surface area contributed by atoms with Gasteiger partial charge in [-0.15, -0.1) is 0 Å². The lowest BCUT2D eigenvalue weighted by Gasteiger charge is -2.12. The molecule has 2 heterocycles. The van der Waals surface area contributed by atoms with Crippen LogP contribution in [0.3, 0.4) is 0 Å². The average molecular weight is 464 g/mol. The maximum absolute atomic E-state index is 12.5. The van der Waals surface area contributed by atoms with Gasteiger partial charge in [-0.2, -0.15) is 13.2 Å². The summed E-state index contributed by atoms with van der Waals surface area (Å²) in [6.45, 7) is -1.31. The van der Waals surface area contributed by atoms with E-state index in [9.17, 15) is 22.8 Å². The van der Waals surface area contributed by atoms with E-state index in [4.69, 9.17) is 11.6 Å². The van der Waals surface area contributed by atoms with Gasteiger partial charge < -0.3 is 9.88 Å². The van der Waals surface area contributed by atoms with E-state index in [2.05, 4.69) is 20.9 Å². The summed E-state index contributed by atoms with van der Waals surface area (Å²) in [5.41, 5.74) is -0.397. The van der Waals surface area contributed by atoms with Crippen LogP contribution in [0.1, 0.15) is 15.9 Å². The number of halogens is 5. The molecule has 27 heavy (non-hydrogen) atoms. The van der Waals surface area contributed by atoms with Crippen molar-refractivity contribution in [1.29, 1.82) is 0 Å². The molecule has 0 aliphatic rings. The number of imidazole rings is 1. The van der Waals surface area contributed by atoms with Crippen molar-refractivity contribution in [3.05, 3.63) is 67.8 Å². The lowest BCUT2D eigenvalue weighted by molar-refractivity contribution is -0.123. The number of carbonyl (C=O) groups excluding carboxylic acids is 1. The zero-order valence-corrected chi connectivity index (χ0v) is 15.8. The molecule has 1 N–H and O–H groups in total. The number of nitrogens with zero attached hydrogens (tertiary/aromatic N) is 3. The highest BCUT2D eigenvalue weighted by atomic mass is 79.9. The van der Waals surface area contributed by atoms with Crippen molar-refractivity contribution in [2.75, 3.05) is 6.54 Å². The molecule has 0 saturated carbocycles. The third-order valence-corrected chi connectivity index (χ3v) is 4.24. The van der Waals surface area contributed by atoms with E-state index in [-0.39, 0.29) is 12.3 Å². The van der Waals surface area contributed by atoms with Crippen molar-refractivity contribution in [3.8, 4) is 0 Å². The molecule has 0 radical (unpaired) electrons. The monoisotopic (exact) mass is 462 g/mol. The van der Waals surface area contributed by atoms with E-state index in [0.29, 0.717) is 9.63 Å². The minimum atomic E-state index is -4.58. The van der Waals surface area contributed by atoms with Crippen LogP contribution < -0.4 is 10.9 Å². The molecule has 0 atom stereocenters. The molecule has 0 saturated heterocycles. The number of nitrogens with one attached hydrogen (secondary N) is 1. The molecular formula is C16H11BrClF3N4O2. The molecule has 0 spiro atoms. The number of fused-ring (bicyclic) bond motifs is 1. The van der Waals surface area contributed by atoms with Gasteiger partial charge in [-0.3, -0.25) is 9.59 Å². The van der Waals surface area contributed by atoms with Crippen molar-refractivity contribution in [2.24, 2.45) is 0 Å². The van der Waals surface area contributed by atoms with E-state index in [1.165, 1.54) is 17.0 Å². The fraction of sp³-hybridized carbons (Fsp3) is 0.188. The Morgan fingerprint density at radius 3 is 2.52 bits per heavy atom. The van der Waals surface area contributed by atoms with Gasteiger partial charge in [-0.1, -0.05) is 23.7 Å². The van der Waals surface area contributed by atoms with Crippen LogP contribution in [0.5, 0.6) is 0 Å². The van der Waals surface area contributed by atoms with Crippen molar-refractivity contribution in [2.45, 2.75) is 12.7 Å². The number of rotatable bonds is 4. The first kappa shape index (κ1) is 19.4. The summed E-state index contributed by atoms with van der Waals surface area (Å²) >= 11 is 9.01. The normalized spacial score (nSPS) is 11.7. The van der Waals surface area contributed by atoms with Crippen LogP contribution in [0.2, 0.25) is 5.02 Å². The van der Waals surface area contributed by atoms with E-state index in [0.717, 1.165) is 9.96 Å². The molecular weight excluding hydrogens is 453 g/mol. The molecule has 0 fully saturated rings. The van der Waals surface area contributed by atoms with Crippen LogP contribution in [0, 0.1) is 0 Å². The third kappa shape index (κ3) is 4.51. The molecule has 1 amide bonds. The van der Waals surface area contributed by atoms with Crippen LogP contribution in [-0.2, 0) is 6.54 Å². The van der Waals surface area contributed by atoms with Gasteiger partial charge in [0.15, 0.2) is 0 Å². The minimum absolute atomic E-state index is 0.226. The van der Waals surface area contributed by atoms with Gasteiger partial charge in [0.2, 0.25) is 5.78 Å². The predicted octanol–water partition coefficient (Wildman–Crippen LogP) is 3.25. The maximum Gasteiger partial charge on any atom is 0.405 e. The Bertz CT molecular complexity index is 1060. The molecule has 0 unspecified atom stereocenters. The molecule has 11 heteroatoms. The molecule has 0 bridgehead atoms. The summed E-state index contributed by atoms with van der Waals surface area (Å²) in [5.74, 6) is -0.886. The molecule has 0 aliphatic heterocycles. The van der Waals surface area contributed by atoms with Crippen LogP contribution in [0.4, 0.5) is 13.2 Å². The van der Waals surface area contributed by atoms with E-state index in [1.54, 1.807) is 29.6 Å². The Morgan fingerprint density at radius 1 is 1.22 bits per heavy atom. The van der Waals surface area contributed by atoms with Gasteiger partial charge in [-0.05, 0) is 33.6 Å². The summed E-state index contributed by atoms with van der Waals surface area (Å²) in [7, 11) is 0. The number of alkyl halides is 3. The summed E-state index contributed by atoms with van der Waals surface area (Å²) in [6, 6.07) is 6.85. The van der Waals surface area contributed by atoms with Crippen LogP contribution >= 0.6 is 27.5 Å². The highest BCUT2D eigenvalue weighted by molar-refractivity contribution is 9.10. The zero-order chi connectivity index (χ0) is 19.8. The van der Waals surface area contributed by atoms with Crippen molar-refractivity contribution in [1.82, 2.24) is 19.3 Å². The summed E-state index contributed by atoms with van der Waals surface area (Å²) in [4.78, 5) is 28.8. The van der Waals surface area contributed by atoms with Gasteiger partial charge in [0.05, 0.1) is 6.54 Å². The van der Waals surface area contributed by atoms with Crippen molar-refractivity contribution in [3.63, 3.8) is 0 Å². The number of hydrogen-bond donors (Lipinski definition) is 1. The molecule has 3 rings (SSSR count). The van der Waals surface area contributed by atoms with Crippen LogP contribution in [-0.4, -0.2) is 32.6 Å². The van der Waals surface area contributed by atoms with E-state index < -0.39 is 29.8 Å². The SMILES string of the molecule is O=C(NCC(F)(F)F)c1cn(Cc2ccc(Cl)cc2)c2nc(Br)cn2c1=O. The molecule has 2 aromatic heterocycles. The smallest absolute Gasteiger partial charge is 0.343 e. The topological polar surface area (TPSA) is 68.4 Å². The Hall–Kier alpha value is -2.33. The zero-order valence-electron chi connectivity index (χ0n) is 13.4. The number of hydrogen-bond acceptors (Lipinski definition) is 3. The molecule has 0 aliphatic carbocycles. The summed E-state index contributed by atoms with van der Waals surface area (Å²) in [5, 5.41) is 2.25. The van der Waals surface area contributed by atoms with Gasteiger partial charge in [0.25, 0.3) is 11.5 Å². The molecule has 6 nitrogen and oxygen atoms in total. The first-order valence-electron chi connectivity index (χ1n) is 7.51. The number of carbonyl (C=O) groups is 1. The largest absolute Gasteiger partial charge is 0.405 e. The van der Waals surface area contributed by atoms with E-state index >= 15 is 0 Å². The second-order valence-electron chi connectivity index (χ2n) is 5.63. The van der Waals surface area contributed by atoms with Crippen molar-refractivity contribution >= 4 is 39.2 Å². The quantitative estimate of drug-likeness (QED) is 0.646. The van der Waals surface area contributed by atoms with Gasteiger partial charge in [0, 0.05) is 17.4 Å². The average Bonchev–Trinajstić information content (AvgIpc) is 2.99. The standard InChI is InChI=1S/C16H11BrClF3N4O2/c17-12-7-25-14(27)11(13(26)22-8-16(19,20)21)6-24(15(25)23-12)5-9-1-3-10(18)4-2-9/h1-4,6-7H,5,8H2,(H,22,26). The summed E-state index contributed by atoms with van der Waals surface area (Å²) < 4.78 is 40.0. The Labute approximate surface area is 163 Å². The Kier molecular flexibility index (Phi) is 5.29. The van der Waals surface area contributed by atoms with Crippen molar-refractivity contribution < 1.29 is 18.0 Å². The lowest BCUT2D eigenvalue weighted by Crippen LogP contribution is -2.37. The second kappa shape index (κ2) is 7.35. The number of aromatic nitrogens is 3. The minimum Gasteiger partial charge on any atom is -0.343 e. The molecule has 142 valence electrons. The van der Waals surface area contributed by atoms with Crippen LogP contribution in [0.25, 0.3) is 5.78 Å². The fourth-order valence-corrected chi connectivity index (χ4v) is 2.92. The third-order valence-electron chi connectivity index (χ3n) is 3.61. The Morgan fingerprint density at radius 2 is 1.89 bits per heavy atom. The van der Waals surface area contributed by atoms with E-state index in [1.807, 2.05) is 0 Å². The summed E-state index contributed by atoms with van der Waals surface area (Å²) in [6.07, 6.45) is -2.05. The van der Waals surface area contributed by atoms with Gasteiger partial charge in [0.1, 0.15) is 16.7 Å². The first-order chi connectivity index (χ1) is 12.6. The maximum atomic E-state index is 12.5. The first-order valence-corrected chi connectivity index (χ1v) is 8.68. The van der Waals surface area contributed by atoms with Crippen LogP contribution in [0.15, 0.2) is 46.1 Å². The Balaban J connectivity index is 2.04. The van der Waals surface area contributed by atoms with Gasteiger partial charge in [-0.25, -0.2) is 9.38 Å². The second-order valence-corrected chi connectivity index (χ2v) is 6.88.